The minimum atomic E-state index is 0.521. The number of nitrogens with zero attached hydrogens (tertiary/aromatic N) is 3. The molecule has 2 rings (SSSR count). The quantitative estimate of drug-likeness (QED) is 0.536. The maximum Gasteiger partial charge on any atom is 0.138 e. The van der Waals surface area contributed by atoms with Crippen LogP contribution in [0.5, 0.6) is 0 Å². The summed E-state index contributed by atoms with van der Waals surface area (Å²) in [6.07, 6.45) is 6.76. The second kappa shape index (κ2) is 1.94. The van der Waals surface area contributed by atoms with Crippen molar-refractivity contribution in [2.75, 3.05) is 0 Å². The van der Waals surface area contributed by atoms with Gasteiger partial charge < -0.3 is 0 Å². The molecule has 2 heterocycles. The zero-order chi connectivity index (χ0) is 6.97. The van der Waals surface area contributed by atoms with Crippen LogP contribution in [0.4, 0.5) is 0 Å². The number of aromatic nitrogens is 3. The Hall–Kier alpha value is -1.12. The summed E-state index contributed by atoms with van der Waals surface area (Å²) in [5.41, 5.74) is 0. The van der Waals surface area contributed by atoms with E-state index in [0.717, 1.165) is 12.2 Å². The molecule has 1 aromatic heterocycles. The number of hydrogen-bond acceptors (Lipinski definition) is 2. The fourth-order valence-corrected chi connectivity index (χ4v) is 1.20. The maximum atomic E-state index is 4.14. The summed E-state index contributed by atoms with van der Waals surface area (Å²) in [7, 11) is 0. The maximum absolute atomic E-state index is 4.14. The van der Waals surface area contributed by atoms with Crippen molar-refractivity contribution in [3.63, 3.8) is 0 Å². The Morgan fingerprint density at radius 3 is 3.40 bits per heavy atom. The molecule has 3 heteroatoms. The van der Waals surface area contributed by atoms with Crippen molar-refractivity contribution in [1.29, 1.82) is 0 Å². The van der Waals surface area contributed by atoms with Crippen molar-refractivity contribution in [1.82, 2.24) is 14.8 Å². The third kappa shape index (κ3) is 0.667. The van der Waals surface area contributed by atoms with E-state index in [1.807, 2.05) is 10.9 Å². The minimum Gasteiger partial charge on any atom is -0.225 e. The molecule has 0 amide bonds. The largest absolute Gasteiger partial charge is 0.225 e. The van der Waals surface area contributed by atoms with E-state index >= 15 is 0 Å². The summed E-state index contributed by atoms with van der Waals surface area (Å²) in [6, 6.07) is 0. The van der Waals surface area contributed by atoms with Gasteiger partial charge in [-0.1, -0.05) is 13.0 Å². The first-order valence-electron chi connectivity index (χ1n) is 3.44. The van der Waals surface area contributed by atoms with Crippen LogP contribution >= 0.6 is 0 Å². The lowest BCUT2D eigenvalue weighted by molar-refractivity contribution is 0.665. The molecule has 10 heavy (non-hydrogen) atoms. The average molecular weight is 135 g/mol. The summed E-state index contributed by atoms with van der Waals surface area (Å²) in [5.74, 6) is 1.59. The van der Waals surface area contributed by atoms with Gasteiger partial charge in [0.05, 0.1) is 0 Å². The van der Waals surface area contributed by atoms with Crippen molar-refractivity contribution in [2.45, 2.75) is 19.3 Å². The van der Waals surface area contributed by atoms with Gasteiger partial charge in [-0.25, -0.2) is 9.67 Å². The first kappa shape index (κ1) is 5.65. The molecular formula is C7H9N3. The molecule has 0 N–H and O–H groups in total. The van der Waals surface area contributed by atoms with Crippen LogP contribution in [0.15, 0.2) is 12.4 Å². The molecule has 1 aliphatic rings. The van der Waals surface area contributed by atoms with E-state index in [0.29, 0.717) is 5.92 Å². The van der Waals surface area contributed by atoms with Crippen LogP contribution in [0.25, 0.3) is 6.20 Å². The average Bonchev–Trinajstić information content (AvgIpc) is 2.36. The van der Waals surface area contributed by atoms with E-state index < -0.39 is 0 Å². The monoisotopic (exact) mass is 135 g/mol. The summed E-state index contributed by atoms with van der Waals surface area (Å²) in [5, 5.41) is 4.03. The van der Waals surface area contributed by atoms with Gasteiger partial charge in [-0.05, 0) is 6.42 Å². The zero-order valence-electron chi connectivity index (χ0n) is 5.86. The van der Waals surface area contributed by atoms with Crippen LogP contribution in [0.1, 0.15) is 25.1 Å². The first-order chi connectivity index (χ1) is 4.88. The van der Waals surface area contributed by atoms with Gasteiger partial charge in [0.25, 0.3) is 0 Å². The zero-order valence-corrected chi connectivity index (χ0v) is 5.86. The molecule has 0 fully saturated rings. The molecule has 1 aliphatic heterocycles. The molecule has 0 aromatic carbocycles. The number of hydrogen-bond donors (Lipinski definition) is 0. The topological polar surface area (TPSA) is 30.7 Å². The van der Waals surface area contributed by atoms with Crippen LogP contribution in [0.3, 0.4) is 0 Å². The Morgan fingerprint density at radius 2 is 2.60 bits per heavy atom. The lowest BCUT2D eigenvalue weighted by Gasteiger charge is -2.11. The standard InChI is InChI=1S/C7H9N3/c1-6-3-2-4-10-7(6)8-5-9-10/h2,4-6H,3H2,1H3. The highest BCUT2D eigenvalue weighted by Gasteiger charge is 2.13. The van der Waals surface area contributed by atoms with Gasteiger partial charge >= 0.3 is 0 Å². The summed E-state index contributed by atoms with van der Waals surface area (Å²) in [6.45, 7) is 2.16. The smallest absolute Gasteiger partial charge is 0.138 e. The molecule has 0 bridgehead atoms. The Balaban J connectivity index is 2.52. The first-order valence-corrected chi connectivity index (χ1v) is 3.44. The predicted octanol–water partition coefficient (Wildman–Crippen LogP) is 1.26. The van der Waals surface area contributed by atoms with E-state index in [2.05, 4.69) is 23.1 Å². The van der Waals surface area contributed by atoms with Crippen LogP contribution in [0.2, 0.25) is 0 Å². The van der Waals surface area contributed by atoms with Gasteiger partial charge in [-0.3, -0.25) is 0 Å². The molecule has 0 radical (unpaired) electrons. The molecule has 0 saturated carbocycles. The Labute approximate surface area is 59.4 Å². The molecule has 52 valence electrons. The van der Waals surface area contributed by atoms with E-state index in [1.54, 1.807) is 6.33 Å². The Bertz CT molecular complexity index is 262. The van der Waals surface area contributed by atoms with Gasteiger partial charge in [-0.2, -0.15) is 5.10 Å². The highest BCUT2D eigenvalue weighted by molar-refractivity contribution is 5.27. The molecule has 0 spiro atoms. The SMILES string of the molecule is CC1CC=Cn2ncnc21. The molecule has 1 aromatic rings. The minimum absolute atomic E-state index is 0.521. The lowest BCUT2D eigenvalue weighted by Crippen LogP contribution is -2.06. The number of allylic oxidation sites excluding steroid dienone is 1. The highest BCUT2D eigenvalue weighted by atomic mass is 15.3. The van der Waals surface area contributed by atoms with Crippen molar-refractivity contribution in [3.05, 3.63) is 18.2 Å². The molecule has 1 atom stereocenters. The van der Waals surface area contributed by atoms with Crippen LogP contribution in [-0.4, -0.2) is 14.8 Å². The van der Waals surface area contributed by atoms with Gasteiger partial charge in [0.1, 0.15) is 12.2 Å². The van der Waals surface area contributed by atoms with Crippen molar-refractivity contribution < 1.29 is 0 Å². The number of fused-ring (bicyclic) bond motifs is 1. The third-order valence-electron chi connectivity index (χ3n) is 1.78. The Kier molecular flexibility index (Phi) is 1.09. The van der Waals surface area contributed by atoms with Gasteiger partial charge in [0.15, 0.2) is 0 Å². The predicted molar refractivity (Wildman–Crippen MR) is 38.4 cm³/mol. The van der Waals surface area contributed by atoms with Crippen LogP contribution < -0.4 is 0 Å². The van der Waals surface area contributed by atoms with Crippen molar-refractivity contribution in [2.24, 2.45) is 0 Å². The second-order valence-corrected chi connectivity index (χ2v) is 2.58. The molecule has 0 saturated heterocycles. The normalized spacial score (nSPS) is 22.7. The highest BCUT2D eigenvalue weighted by Crippen LogP contribution is 2.20. The molecular weight excluding hydrogens is 126 g/mol. The Morgan fingerprint density at radius 1 is 1.70 bits per heavy atom. The van der Waals surface area contributed by atoms with E-state index in [1.165, 1.54) is 0 Å². The number of rotatable bonds is 0. The summed E-state index contributed by atoms with van der Waals surface area (Å²) in [4.78, 5) is 4.14. The summed E-state index contributed by atoms with van der Waals surface area (Å²) < 4.78 is 1.83. The molecule has 0 aliphatic carbocycles. The third-order valence-corrected chi connectivity index (χ3v) is 1.78. The summed E-state index contributed by atoms with van der Waals surface area (Å²) >= 11 is 0. The fraction of sp³-hybridized carbons (Fsp3) is 0.429. The lowest BCUT2D eigenvalue weighted by atomic mass is 10.1. The molecule has 3 nitrogen and oxygen atoms in total. The van der Waals surface area contributed by atoms with Gasteiger partial charge in [0, 0.05) is 12.1 Å². The van der Waals surface area contributed by atoms with Crippen LogP contribution in [-0.2, 0) is 0 Å². The van der Waals surface area contributed by atoms with E-state index in [9.17, 15) is 0 Å². The van der Waals surface area contributed by atoms with Gasteiger partial charge in [0.2, 0.25) is 0 Å². The molecule has 1 unspecified atom stereocenters. The van der Waals surface area contributed by atoms with Crippen molar-refractivity contribution in [3.8, 4) is 0 Å². The van der Waals surface area contributed by atoms with Crippen molar-refractivity contribution >= 4 is 6.20 Å². The van der Waals surface area contributed by atoms with Gasteiger partial charge in [-0.15, -0.1) is 0 Å². The van der Waals surface area contributed by atoms with E-state index in [-0.39, 0.29) is 0 Å². The van der Waals surface area contributed by atoms with Crippen LogP contribution in [0, 0.1) is 0 Å². The van der Waals surface area contributed by atoms with E-state index in [4.69, 9.17) is 0 Å². The second-order valence-electron chi connectivity index (χ2n) is 2.58. The fourth-order valence-electron chi connectivity index (χ4n) is 1.20.